The van der Waals surface area contributed by atoms with E-state index >= 15 is 0 Å². The van der Waals surface area contributed by atoms with Crippen molar-refractivity contribution in [1.82, 2.24) is 10.3 Å². The van der Waals surface area contributed by atoms with Crippen LogP contribution in [0.2, 0.25) is 0 Å². The molecule has 0 saturated heterocycles. The third-order valence-electron chi connectivity index (χ3n) is 2.91. The standard InChI is InChI=1S/C14H17N3O2/c1-10-8-16-12(19-10)9-17-13(18)14(2,15)11-6-4-3-5-7-11/h3-8H,9,15H2,1-2H3,(H,17,18). The number of carbonyl (C=O) groups is 1. The smallest absolute Gasteiger partial charge is 0.244 e. The van der Waals surface area contributed by atoms with Gasteiger partial charge in [-0.1, -0.05) is 30.3 Å². The fourth-order valence-corrected chi connectivity index (χ4v) is 1.74. The van der Waals surface area contributed by atoms with E-state index in [9.17, 15) is 4.79 Å². The summed E-state index contributed by atoms with van der Waals surface area (Å²) in [5.41, 5.74) is 5.77. The van der Waals surface area contributed by atoms with Gasteiger partial charge in [0.05, 0.1) is 12.7 Å². The van der Waals surface area contributed by atoms with Crippen LogP contribution in [-0.2, 0) is 16.9 Å². The number of nitrogens with zero attached hydrogens (tertiary/aromatic N) is 1. The van der Waals surface area contributed by atoms with Gasteiger partial charge in [0.15, 0.2) is 0 Å². The van der Waals surface area contributed by atoms with E-state index in [1.165, 1.54) is 0 Å². The number of benzene rings is 1. The van der Waals surface area contributed by atoms with Crippen molar-refractivity contribution in [2.24, 2.45) is 5.73 Å². The van der Waals surface area contributed by atoms with E-state index in [2.05, 4.69) is 10.3 Å². The minimum absolute atomic E-state index is 0.228. The van der Waals surface area contributed by atoms with Crippen LogP contribution in [0.15, 0.2) is 40.9 Å². The summed E-state index contributed by atoms with van der Waals surface area (Å²) in [7, 11) is 0. The number of aromatic nitrogens is 1. The fourth-order valence-electron chi connectivity index (χ4n) is 1.74. The minimum atomic E-state index is -1.08. The lowest BCUT2D eigenvalue weighted by atomic mass is 9.92. The summed E-state index contributed by atoms with van der Waals surface area (Å²) in [5, 5.41) is 2.73. The summed E-state index contributed by atoms with van der Waals surface area (Å²) in [6.45, 7) is 3.71. The molecule has 0 radical (unpaired) electrons. The summed E-state index contributed by atoms with van der Waals surface area (Å²) < 4.78 is 5.29. The highest BCUT2D eigenvalue weighted by atomic mass is 16.4. The Morgan fingerprint density at radius 3 is 2.68 bits per heavy atom. The maximum Gasteiger partial charge on any atom is 0.244 e. The second-order valence-corrected chi connectivity index (χ2v) is 4.62. The van der Waals surface area contributed by atoms with Gasteiger partial charge in [0, 0.05) is 0 Å². The first kappa shape index (κ1) is 13.3. The molecule has 1 amide bonds. The molecule has 0 aliphatic heterocycles. The highest BCUT2D eigenvalue weighted by Crippen LogP contribution is 2.17. The first-order chi connectivity index (χ1) is 9.00. The first-order valence-electron chi connectivity index (χ1n) is 6.04. The molecule has 1 atom stereocenters. The van der Waals surface area contributed by atoms with E-state index < -0.39 is 5.54 Å². The van der Waals surface area contributed by atoms with Gasteiger partial charge < -0.3 is 15.5 Å². The Balaban J connectivity index is 2.03. The maximum absolute atomic E-state index is 12.1. The Morgan fingerprint density at radius 1 is 1.42 bits per heavy atom. The highest BCUT2D eigenvalue weighted by molar-refractivity contribution is 5.86. The van der Waals surface area contributed by atoms with Crippen molar-refractivity contribution in [2.45, 2.75) is 25.9 Å². The predicted molar refractivity (Wildman–Crippen MR) is 71.1 cm³/mol. The van der Waals surface area contributed by atoms with Crippen LogP contribution in [0.1, 0.15) is 24.1 Å². The summed E-state index contributed by atoms with van der Waals surface area (Å²) in [5.74, 6) is 0.909. The van der Waals surface area contributed by atoms with Crippen LogP contribution in [-0.4, -0.2) is 10.9 Å². The molecule has 5 heteroatoms. The van der Waals surface area contributed by atoms with Gasteiger partial charge in [0.1, 0.15) is 11.3 Å². The number of amides is 1. The average molecular weight is 259 g/mol. The third-order valence-corrected chi connectivity index (χ3v) is 2.91. The van der Waals surface area contributed by atoms with Crippen molar-refractivity contribution in [1.29, 1.82) is 0 Å². The summed E-state index contributed by atoms with van der Waals surface area (Å²) in [6.07, 6.45) is 1.61. The second kappa shape index (κ2) is 5.24. The van der Waals surface area contributed by atoms with E-state index in [0.29, 0.717) is 11.7 Å². The van der Waals surface area contributed by atoms with Crippen LogP contribution in [0.4, 0.5) is 0 Å². The van der Waals surface area contributed by atoms with Crippen LogP contribution in [0.3, 0.4) is 0 Å². The van der Waals surface area contributed by atoms with Crippen LogP contribution < -0.4 is 11.1 Å². The van der Waals surface area contributed by atoms with Gasteiger partial charge in [-0.25, -0.2) is 4.98 Å². The quantitative estimate of drug-likeness (QED) is 0.871. The van der Waals surface area contributed by atoms with E-state index in [0.717, 1.165) is 5.56 Å². The van der Waals surface area contributed by atoms with Gasteiger partial charge in [0.2, 0.25) is 11.8 Å². The summed E-state index contributed by atoms with van der Waals surface area (Å²) in [4.78, 5) is 16.2. The summed E-state index contributed by atoms with van der Waals surface area (Å²) >= 11 is 0. The monoisotopic (exact) mass is 259 g/mol. The molecule has 2 aromatic rings. The van der Waals surface area contributed by atoms with Crippen molar-refractivity contribution in [3.63, 3.8) is 0 Å². The third kappa shape index (κ3) is 3.00. The van der Waals surface area contributed by atoms with Gasteiger partial charge >= 0.3 is 0 Å². The van der Waals surface area contributed by atoms with Gasteiger partial charge in [-0.2, -0.15) is 0 Å². The molecule has 1 aromatic carbocycles. The van der Waals surface area contributed by atoms with Crippen molar-refractivity contribution in [3.05, 3.63) is 53.7 Å². The second-order valence-electron chi connectivity index (χ2n) is 4.62. The number of carbonyl (C=O) groups excluding carboxylic acids is 1. The molecular weight excluding hydrogens is 242 g/mol. The van der Waals surface area contributed by atoms with Crippen LogP contribution in [0.25, 0.3) is 0 Å². The van der Waals surface area contributed by atoms with Crippen molar-refractivity contribution in [3.8, 4) is 0 Å². The number of aryl methyl sites for hydroxylation is 1. The van der Waals surface area contributed by atoms with E-state index in [1.54, 1.807) is 20.0 Å². The van der Waals surface area contributed by atoms with E-state index in [4.69, 9.17) is 10.2 Å². The predicted octanol–water partition coefficient (Wildman–Crippen LogP) is 1.47. The normalized spacial score (nSPS) is 13.8. The number of hydrogen-bond acceptors (Lipinski definition) is 4. The van der Waals surface area contributed by atoms with E-state index in [1.807, 2.05) is 30.3 Å². The Hall–Kier alpha value is -2.14. The lowest BCUT2D eigenvalue weighted by molar-refractivity contribution is -0.126. The molecule has 0 aliphatic carbocycles. The zero-order chi connectivity index (χ0) is 13.9. The first-order valence-corrected chi connectivity index (χ1v) is 6.04. The zero-order valence-electron chi connectivity index (χ0n) is 11.0. The molecule has 0 spiro atoms. The largest absolute Gasteiger partial charge is 0.444 e. The number of oxazole rings is 1. The Bertz CT molecular complexity index is 561. The van der Waals surface area contributed by atoms with Gasteiger partial charge in [-0.15, -0.1) is 0 Å². The molecule has 5 nitrogen and oxygen atoms in total. The topological polar surface area (TPSA) is 81.2 Å². The lowest BCUT2D eigenvalue weighted by Gasteiger charge is -2.23. The zero-order valence-corrected chi connectivity index (χ0v) is 11.0. The summed E-state index contributed by atoms with van der Waals surface area (Å²) in [6, 6.07) is 9.24. The lowest BCUT2D eigenvalue weighted by Crippen LogP contribution is -2.48. The highest BCUT2D eigenvalue weighted by Gasteiger charge is 2.30. The van der Waals surface area contributed by atoms with Crippen molar-refractivity contribution in [2.75, 3.05) is 0 Å². The molecule has 0 bridgehead atoms. The van der Waals surface area contributed by atoms with Crippen LogP contribution in [0, 0.1) is 6.92 Å². The Labute approximate surface area is 111 Å². The number of hydrogen-bond donors (Lipinski definition) is 2. The minimum Gasteiger partial charge on any atom is -0.444 e. The van der Waals surface area contributed by atoms with Crippen LogP contribution >= 0.6 is 0 Å². The molecule has 100 valence electrons. The van der Waals surface area contributed by atoms with Crippen LogP contribution in [0.5, 0.6) is 0 Å². The molecule has 0 saturated carbocycles. The fraction of sp³-hybridized carbons (Fsp3) is 0.286. The number of nitrogens with one attached hydrogen (secondary N) is 1. The molecule has 2 rings (SSSR count). The number of nitrogens with two attached hydrogens (primary N) is 1. The Kier molecular flexibility index (Phi) is 3.66. The number of rotatable bonds is 4. The molecule has 0 fully saturated rings. The molecule has 0 aliphatic rings. The molecule has 1 unspecified atom stereocenters. The van der Waals surface area contributed by atoms with E-state index in [-0.39, 0.29) is 12.5 Å². The van der Waals surface area contributed by atoms with Gasteiger partial charge in [0.25, 0.3) is 0 Å². The van der Waals surface area contributed by atoms with Gasteiger partial charge in [-0.05, 0) is 19.4 Å². The molecule has 3 N–H and O–H groups in total. The van der Waals surface area contributed by atoms with Gasteiger partial charge in [-0.3, -0.25) is 4.79 Å². The van der Waals surface area contributed by atoms with Crippen molar-refractivity contribution < 1.29 is 9.21 Å². The molecule has 1 heterocycles. The Morgan fingerprint density at radius 2 is 2.11 bits per heavy atom. The molecular formula is C14H17N3O2. The molecule has 1 aromatic heterocycles. The SMILES string of the molecule is Cc1cnc(CNC(=O)C(C)(N)c2ccccc2)o1. The maximum atomic E-state index is 12.1. The average Bonchev–Trinajstić information content (AvgIpc) is 2.82. The molecule has 19 heavy (non-hydrogen) atoms. The van der Waals surface area contributed by atoms with Crippen molar-refractivity contribution >= 4 is 5.91 Å².